The molecule has 1 aromatic heterocycles. The zero-order valence-corrected chi connectivity index (χ0v) is 17.0. The predicted molar refractivity (Wildman–Crippen MR) is 108 cm³/mol. The fourth-order valence-corrected chi connectivity index (χ4v) is 3.97. The standard InChI is InChI=1S/C20H27N3O3S/c1-15-14-27-20(25)23(15)13-19(24)22(12-18-5-4-10-26-18)11-16-6-8-17(9-7-16)21(2)3/h6-9,14,18H,4-5,10-13H2,1-3H3. The van der Waals surface area contributed by atoms with Crippen molar-refractivity contribution in [2.45, 2.75) is 39.0 Å². The van der Waals surface area contributed by atoms with Crippen molar-refractivity contribution in [2.75, 3.05) is 32.1 Å². The van der Waals surface area contributed by atoms with Crippen molar-refractivity contribution in [1.29, 1.82) is 0 Å². The number of carbonyl (C=O) groups excluding carboxylic acids is 1. The minimum atomic E-state index is -0.0896. The summed E-state index contributed by atoms with van der Waals surface area (Å²) in [6.07, 6.45) is 2.09. The average Bonchev–Trinajstić information content (AvgIpc) is 3.26. The largest absolute Gasteiger partial charge is 0.378 e. The molecule has 0 radical (unpaired) electrons. The van der Waals surface area contributed by atoms with Crippen molar-refractivity contribution < 1.29 is 9.53 Å². The third-order valence-corrected chi connectivity index (χ3v) is 5.78. The van der Waals surface area contributed by atoms with Crippen molar-refractivity contribution in [1.82, 2.24) is 9.47 Å². The van der Waals surface area contributed by atoms with E-state index in [1.54, 1.807) is 9.95 Å². The quantitative estimate of drug-likeness (QED) is 0.730. The number of rotatable bonds is 7. The Balaban J connectivity index is 1.75. The number of nitrogens with zero attached hydrogens (tertiary/aromatic N) is 3. The number of aromatic nitrogens is 1. The zero-order valence-electron chi connectivity index (χ0n) is 16.2. The first kappa shape index (κ1) is 19.6. The molecule has 1 fully saturated rings. The first-order valence-electron chi connectivity index (χ1n) is 9.24. The molecule has 2 aromatic rings. The number of aryl methyl sites for hydroxylation is 1. The lowest BCUT2D eigenvalue weighted by Gasteiger charge is -2.26. The van der Waals surface area contributed by atoms with E-state index >= 15 is 0 Å². The normalized spacial score (nSPS) is 16.5. The predicted octanol–water partition coefficient (Wildman–Crippen LogP) is 2.49. The number of anilines is 1. The van der Waals surface area contributed by atoms with Gasteiger partial charge >= 0.3 is 4.87 Å². The van der Waals surface area contributed by atoms with Crippen LogP contribution in [0.25, 0.3) is 0 Å². The van der Waals surface area contributed by atoms with Gasteiger partial charge in [-0.1, -0.05) is 23.5 Å². The summed E-state index contributed by atoms with van der Waals surface area (Å²) in [6, 6.07) is 8.20. The Morgan fingerprint density at radius 2 is 2.04 bits per heavy atom. The molecule has 1 atom stereocenters. The minimum Gasteiger partial charge on any atom is -0.378 e. The van der Waals surface area contributed by atoms with E-state index in [1.165, 1.54) is 0 Å². The monoisotopic (exact) mass is 389 g/mol. The van der Waals surface area contributed by atoms with E-state index in [9.17, 15) is 9.59 Å². The summed E-state index contributed by atoms with van der Waals surface area (Å²) < 4.78 is 7.28. The van der Waals surface area contributed by atoms with Gasteiger partial charge in [0.1, 0.15) is 6.54 Å². The fourth-order valence-electron chi connectivity index (χ4n) is 3.24. The van der Waals surface area contributed by atoms with Crippen molar-refractivity contribution in [3.05, 3.63) is 50.6 Å². The summed E-state index contributed by atoms with van der Waals surface area (Å²) in [7, 11) is 4.01. The second kappa shape index (κ2) is 8.71. The third kappa shape index (κ3) is 4.99. The average molecular weight is 390 g/mol. The molecule has 0 spiro atoms. The number of amides is 1. The van der Waals surface area contributed by atoms with Gasteiger partial charge in [-0.15, -0.1) is 0 Å². The van der Waals surface area contributed by atoms with Gasteiger partial charge in [0.15, 0.2) is 0 Å². The van der Waals surface area contributed by atoms with Crippen molar-refractivity contribution in [2.24, 2.45) is 0 Å². The van der Waals surface area contributed by atoms with Gasteiger partial charge in [-0.2, -0.15) is 0 Å². The van der Waals surface area contributed by atoms with Crippen LogP contribution in [0, 0.1) is 6.92 Å². The topological polar surface area (TPSA) is 54.8 Å². The Hall–Kier alpha value is -2.12. The number of hydrogen-bond donors (Lipinski definition) is 0. The molecular weight excluding hydrogens is 362 g/mol. The zero-order chi connectivity index (χ0) is 19.4. The molecule has 6 nitrogen and oxygen atoms in total. The second-order valence-corrected chi connectivity index (χ2v) is 8.02. The number of thiazole rings is 1. The molecule has 0 aliphatic carbocycles. The van der Waals surface area contributed by atoms with Crippen LogP contribution in [0.1, 0.15) is 24.1 Å². The van der Waals surface area contributed by atoms with E-state index in [0.29, 0.717) is 13.1 Å². The SMILES string of the molecule is Cc1csc(=O)n1CC(=O)N(Cc1ccc(N(C)C)cc1)CC1CCCO1. The second-order valence-electron chi connectivity index (χ2n) is 7.20. The Morgan fingerprint density at radius 1 is 1.30 bits per heavy atom. The van der Waals surface area contributed by atoms with E-state index in [0.717, 1.165) is 47.7 Å². The van der Waals surface area contributed by atoms with Crippen molar-refractivity contribution >= 4 is 22.9 Å². The lowest BCUT2D eigenvalue weighted by molar-refractivity contribution is -0.134. The molecule has 1 unspecified atom stereocenters. The van der Waals surface area contributed by atoms with E-state index in [1.807, 2.05) is 43.0 Å². The van der Waals surface area contributed by atoms with E-state index in [-0.39, 0.29) is 23.4 Å². The number of hydrogen-bond acceptors (Lipinski definition) is 5. The molecule has 1 aromatic carbocycles. The van der Waals surface area contributed by atoms with Crippen LogP contribution in [0.4, 0.5) is 5.69 Å². The molecule has 3 rings (SSSR count). The summed E-state index contributed by atoms with van der Waals surface area (Å²) in [4.78, 5) is 28.8. The molecule has 1 aliphatic rings. The lowest BCUT2D eigenvalue weighted by Crippen LogP contribution is -2.40. The summed E-state index contributed by atoms with van der Waals surface area (Å²) in [6.45, 7) is 3.77. The van der Waals surface area contributed by atoms with Gasteiger partial charge in [0.05, 0.1) is 6.10 Å². The minimum absolute atomic E-state index is 0.0502. The highest BCUT2D eigenvalue weighted by molar-refractivity contribution is 7.07. The molecule has 1 amide bonds. The van der Waals surface area contributed by atoms with Gasteiger partial charge in [0.2, 0.25) is 5.91 Å². The molecule has 146 valence electrons. The Bertz CT molecular complexity index is 820. The first-order chi connectivity index (χ1) is 12.9. The molecule has 0 saturated carbocycles. The van der Waals surface area contributed by atoms with Crippen LogP contribution in [-0.2, 0) is 22.6 Å². The molecular formula is C20H27N3O3S. The van der Waals surface area contributed by atoms with Crippen LogP contribution in [0.2, 0.25) is 0 Å². The molecule has 0 N–H and O–H groups in total. The Morgan fingerprint density at radius 3 is 2.59 bits per heavy atom. The molecule has 27 heavy (non-hydrogen) atoms. The highest BCUT2D eigenvalue weighted by Gasteiger charge is 2.23. The summed E-state index contributed by atoms with van der Waals surface area (Å²) in [5.74, 6) is -0.0502. The van der Waals surface area contributed by atoms with Gasteiger partial charge in [-0.05, 0) is 37.5 Å². The Kier molecular flexibility index (Phi) is 6.34. The molecule has 2 heterocycles. The van der Waals surface area contributed by atoms with Gasteiger partial charge in [0, 0.05) is 50.6 Å². The maximum atomic E-state index is 13.0. The van der Waals surface area contributed by atoms with E-state index < -0.39 is 0 Å². The maximum absolute atomic E-state index is 13.0. The Labute approximate surface area is 164 Å². The highest BCUT2D eigenvalue weighted by Crippen LogP contribution is 2.18. The molecule has 1 aliphatic heterocycles. The molecule has 1 saturated heterocycles. The lowest BCUT2D eigenvalue weighted by atomic mass is 10.1. The number of benzene rings is 1. The van der Waals surface area contributed by atoms with Gasteiger partial charge < -0.3 is 14.5 Å². The van der Waals surface area contributed by atoms with Crippen LogP contribution in [0.15, 0.2) is 34.4 Å². The van der Waals surface area contributed by atoms with Crippen LogP contribution in [-0.4, -0.2) is 48.7 Å². The van der Waals surface area contributed by atoms with E-state index in [2.05, 4.69) is 12.1 Å². The van der Waals surface area contributed by atoms with Crippen LogP contribution >= 0.6 is 11.3 Å². The van der Waals surface area contributed by atoms with Gasteiger partial charge in [0.25, 0.3) is 0 Å². The summed E-state index contributed by atoms with van der Waals surface area (Å²) >= 11 is 1.13. The molecule has 7 heteroatoms. The summed E-state index contributed by atoms with van der Waals surface area (Å²) in [5, 5.41) is 1.79. The maximum Gasteiger partial charge on any atom is 0.307 e. The van der Waals surface area contributed by atoms with E-state index in [4.69, 9.17) is 4.74 Å². The molecule has 0 bridgehead atoms. The summed E-state index contributed by atoms with van der Waals surface area (Å²) in [5.41, 5.74) is 3.02. The van der Waals surface area contributed by atoms with Crippen LogP contribution < -0.4 is 9.77 Å². The van der Waals surface area contributed by atoms with Gasteiger partial charge in [-0.3, -0.25) is 14.2 Å². The highest BCUT2D eigenvalue weighted by atomic mass is 32.1. The number of carbonyl (C=O) groups is 1. The van der Waals surface area contributed by atoms with Crippen LogP contribution in [0.3, 0.4) is 0 Å². The van der Waals surface area contributed by atoms with Gasteiger partial charge in [-0.25, -0.2) is 0 Å². The smallest absolute Gasteiger partial charge is 0.307 e. The van der Waals surface area contributed by atoms with Crippen molar-refractivity contribution in [3.8, 4) is 0 Å². The first-order valence-corrected chi connectivity index (χ1v) is 10.1. The van der Waals surface area contributed by atoms with Crippen LogP contribution in [0.5, 0.6) is 0 Å². The number of ether oxygens (including phenoxy) is 1. The fraction of sp³-hybridized carbons (Fsp3) is 0.500. The van der Waals surface area contributed by atoms with Crippen molar-refractivity contribution in [3.63, 3.8) is 0 Å². The third-order valence-electron chi connectivity index (χ3n) is 4.90.